The Morgan fingerprint density at radius 2 is 2.03 bits per heavy atom. The lowest BCUT2D eigenvalue weighted by Crippen LogP contribution is -2.55. The van der Waals surface area contributed by atoms with Crippen molar-refractivity contribution in [2.24, 2.45) is 0 Å². The van der Waals surface area contributed by atoms with E-state index < -0.39 is 10.0 Å². The monoisotopic (exact) mass is 464 g/mol. The van der Waals surface area contributed by atoms with Gasteiger partial charge in [-0.3, -0.25) is 9.89 Å². The Bertz CT molecular complexity index is 1020. The van der Waals surface area contributed by atoms with Gasteiger partial charge in [0.15, 0.2) is 6.29 Å². The first kappa shape index (κ1) is 23.2. The van der Waals surface area contributed by atoms with E-state index in [9.17, 15) is 13.2 Å². The number of sulfonamides is 1. The summed E-state index contributed by atoms with van der Waals surface area (Å²) in [4.78, 5) is 10.9. The predicted octanol–water partition coefficient (Wildman–Crippen LogP) is 1.85. The second kappa shape index (κ2) is 10.3. The summed E-state index contributed by atoms with van der Waals surface area (Å²) < 4.78 is 38.1. The average Bonchev–Trinajstić information content (AvgIpc) is 3.25. The lowest BCUT2D eigenvalue weighted by molar-refractivity contribution is -0.109. The number of aldehydes is 1. The molecule has 2 aromatic rings. The van der Waals surface area contributed by atoms with Crippen molar-refractivity contribution in [3.63, 3.8) is 0 Å². The van der Waals surface area contributed by atoms with E-state index in [1.54, 1.807) is 6.20 Å². The maximum atomic E-state index is 11.7. The van der Waals surface area contributed by atoms with Gasteiger partial charge in [0.25, 0.3) is 0 Å². The van der Waals surface area contributed by atoms with Crippen LogP contribution in [0, 0.1) is 0 Å². The maximum absolute atomic E-state index is 11.7. The molecule has 32 heavy (non-hydrogen) atoms. The minimum Gasteiger partial charge on any atom is -0.485 e. The summed E-state index contributed by atoms with van der Waals surface area (Å²) in [5.41, 5.74) is 2.01. The zero-order valence-corrected chi connectivity index (χ0v) is 19.2. The summed E-state index contributed by atoms with van der Waals surface area (Å²) in [6.07, 6.45) is 9.43. The highest BCUT2D eigenvalue weighted by Crippen LogP contribution is 2.41. The van der Waals surface area contributed by atoms with Gasteiger partial charge < -0.3 is 14.8 Å². The van der Waals surface area contributed by atoms with Crippen molar-refractivity contribution in [2.45, 2.75) is 62.6 Å². The lowest BCUT2D eigenvalue weighted by atomic mass is 9.82. The van der Waals surface area contributed by atoms with Gasteiger partial charge in [-0.15, -0.1) is 0 Å². The lowest BCUT2D eigenvalue weighted by Gasteiger charge is -2.35. The Labute approximate surface area is 188 Å². The fourth-order valence-corrected chi connectivity index (χ4v) is 5.76. The summed E-state index contributed by atoms with van der Waals surface area (Å²) in [7, 11) is -3.25. The van der Waals surface area contributed by atoms with Crippen molar-refractivity contribution in [1.29, 1.82) is 0 Å². The van der Waals surface area contributed by atoms with Crippen LogP contribution in [0.1, 0.15) is 50.0 Å². The van der Waals surface area contributed by atoms with Crippen molar-refractivity contribution in [3.05, 3.63) is 23.9 Å². The number of H-pyrrole nitrogens is 1. The molecule has 0 amide bonds. The summed E-state index contributed by atoms with van der Waals surface area (Å²) in [5.74, 6) is 1.08. The van der Waals surface area contributed by atoms with Crippen molar-refractivity contribution in [1.82, 2.24) is 20.2 Å². The van der Waals surface area contributed by atoms with Gasteiger partial charge >= 0.3 is 0 Å². The Morgan fingerprint density at radius 1 is 1.22 bits per heavy atom. The summed E-state index contributed by atoms with van der Waals surface area (Å²) in [6.45, 7) is 1.40. The van der Waals surface area contributed by atoms with Crippen LogP contribution in [0.2, 0.25) is 0 Å². The molecule has 10 heteroatoms. The molecule has 1 aliphatic carbocycles. The van der Waals surface area contributed by atoms with E-state index in [0.29, 0.717) is 12.5 Å². The number of carbonyl (C=O) groups excluding carboxylic acids is 1. The van der Waals surface area contributed by atoms with Gasteiger partial charge in [-0.25, -0.2) is 13.1 Å². The molecule has 3 N–H and O–H groups in total. The topological polar surface area (TPSA) is 122 Å². The second-order valence-electron chi connectivity index (χ2n) is 8.80. The summed E-state index contributed by atoms with van der Waals surface area (Å²) in [6, 6.07) is 3.94. The number of rotatable bonds is 9. The molecule has 4 rings (SSSR count). The van der Waals surface area contributed by atoms with E-state index in [0.717, 1.165) is 73.6 Å². The Kier molecular flexibility index (Phi) is 7.44. The molecule has 1 aromatic heterocycles. The maximum Gasteiger partial charge on any atom is 0.209 e. The molecule has 1 aliphatic heterocycles. The number of aromatic amines is 1. The quantitative estimate of drug-likeness (QED) is 0.484. The van der Waals surface area contributed by atoms with Gasteiger partial charge in [-0.1, -0.05) is 6.07 Å². The minimum atomic E-state index is -3.25. The summed E-state index contributed by atoms with van der Waals surface area (Å²) >= 11 is 0. The SMILES string of the molecule is CS(=O)(=O)N[C@H]1CCCN[C@H]1COC1CCC(c2ccc3[nH]ncc3c2OCC=O)CC1. The Hall–Kier alpha value is -2.01. The first-order valence-corrected chi connectivity index (χ1v) is 13.2. The third-order valence-electron chi connectivity index (χ3n) is 6.48. The fourth-order valence-electron chi connectivity index (χ4n) is 4.93. The van der Waals surface area contributed by atoms with Crippen LogP contribution >= 0.6 is 0 Å². The van der Waals surface area contributed by atoms with Gasteiger partial charge in [0, 0.05) is 12.1 Å². The number of fused-ring (bicyclic) bond motifs is 1. The minimum absolute atomic E-state index is 0.0111. The number of aromatic nitrogens is 2. The van der Waals surface area contributed by atoms with E-state index in [1.165, 1.54) is 6.26 Å². The molecule has 2 fully saturated rings. The first-order valence-electron chi connectivity index (χ1n) is 11.3. The van der Waals surface area contributed by atoms with Gasteiger partial charge in [0.1, 0.15) is 12.4 Å². The molecule has 2 aliphatic rings. The largest absolute Gasteiger partial charge is 0.485 e. The molecule has 9 nitrogen and oxygen atoms in total. The van der Waals surface area contributed by atoms with E-state index >= 15 is 0 Å². The average molecular weight is 465 g/mol. The fraction of sp³-hybridized carbons (Fsp3) is 0.636. The van der Waals surface area contributed by atoms with Crippen molar-refractivity contribution in [2.75, 3.05) is 26.0 Å². The molecule has 0 bridgehead atoms. The van der Waals surface area contributed by atoms with Crippen molar-refractivity contribution in [3.8, 4) is 5.75 Å². The highest BCUT2D eigenvalue weighted by atomic mass is 32.2. The molecule has 176 valence electrons. The number of hydrogen-bond acceptors (Lipinski definition) is 7. The molecule has 1 aromatic carbocycles. The summed E-state index contributed by atoms with van der Waals surface area (Å²) in [5, 5.41) is 11.4. The predicted molar refractivity (Wildman–Crippen MR) is 121 cm³/mol. The number of hydrogen-bond donors (Lipinski definition) is 3. The van der Waals surface area contributed by atoms with E-state index in [-0.39, 0.29) is 24.8 Å². The van der Waals surface area contributed by atoms with Crippen LogP contribution in [0.25, 0.3) is 10.9 Å². The highest BCUT2D eigenvalue weighted by Gasteiger charge is 2.30. The number of ether oxygens (including phenoxy) is 2. The molecule has 0 spiro atoms. The third-order valence-corrected chi connectivity index (χ3v) is 7.21. The number of benzene rings is 1. The molecule has 0 unspecified atom stereocenters. The van der Waals surface area contributed by atoms with Crippen LogP contribution in [-0.2, 0) is 19.6 Å². The standard InChI is InChI=1S/C22H32N4O5S/c1-32(28,29)26-20-3-2-10-23-21(20)14-31-16-6-4-15(5-7-16)17-8-9-19-18(13-24-25-19)22(17)30-12-11-27/h8-9,11,13,15-16,20-21,23,26H,2-7,10,12,14H2,1H3,(H,24,25)/t15?,16?,20-,21-/m0/s1. The third kappa shape index (κ3) is 5.67. The van der Waals surface area contributed by atoms with Gasteiger partial charge in [-0.2, -0.15) is 5.10 Å². The van der Waals surface area contributed by atoms with Crippen LogP contribution in [0.5, 0.6) is 5.75 Å². The Balaban J connectivity index is 1.35. The molecule has 1 saturated carbocycles. The van der Waals surface area contributed by atoms with Crippen LogP contribution in [-0.4, -0.2) is 69.1 Å². The smallest absolute Gasteiger partial charge is 0.209 e. The van der Waals surface area contributed by atoms with Gasteiger partial charge in [0.05, 0.1) is 36.1 Å². The van der Waals surface area contributed by atoms with Crippen molar-refractivity contribution >= 4 is 27.2 Å². The zero-order chi connectivity index (χ0) is 22.6. The molecular formula is C22H32N4O5S. The van der Waals surface area contributed by atoms with Crippen molar-refractivity contribution < 1.29 is 22.7 Å². The number of nitrogens with one attached hydrogen (secondary N) is 3. The first-order chi connectivity index (χ1) is 15.4. The highest BCUT2D eigenvalue weighted by molar-refractivity contribution is 7.88. The number of piperidine rings is 1. The number of nitrogens with zero attached hydrogens (tertiary/aromatic N) is 1. The number of carbonyl (C=O) groups is 1. The normalized spacial score (nSPS) is 26.8. The Morgan fingerprint density at radius 3 is 2.78 bits per heavy atom. The molecule has 1 saturated heterocycles. The van der Waals surface area contributed by atoms with E-state index in [2.05, 4.69) is 26.3 Å². The zero-order valence-electron chi connectivity index (χ0n) is 18.4. The molecule has 2 heterocycles. The van der Waals surface area contributed by atoms with E-state index in [1.807, 2.05) is 6.07 Å². The molecular weight excluding hydrogens is 432 g/mol. The van der Waals surface area contributed by atoms with Crippen LogP contribution < -0.4 is 14.8 Å². The molecule has 2 atom stereocenters. The van der Waals surface area contributed by atoms with Crippen LogP contribution in [0.4, 0.5) is 0 Å². The van der Waals surface area contributed by atoms with Crippen LogP contribution in [0.3, 0.4) is 0 Å². The molecule has 0 radical (unpaired) electrons. The van der Waals surface area contributed by atoms with Gasteiger partial charge in [-0.05, 0) is 62.6 Å². The van der Waals surface area contributed by atoms with Gasteiger partial charge in [0.2, 0.25) is 10.0 Å². The van der Waals surface area contributed by atoms with E-state index in [4.69, 9.17) is 9.47 Å². The second-order valence-corrected chi connectivity index (χ2v) is 10.6. The van der Waals surface area contributed by atoms with Crippen LogP contribution in [0.15, 0.2) is 18.3 Å².